The highest BCUT2D eigenvalue weighted by molar-refractivity contribution is 7.16. The molecule has 0 fully saturated rings. The van der Waals surface area contributed by atoms with Crippen molar-refractivity contribution in [2.75, 3.05) is 6.54 Å². The highest BCUT2D eigenvalue weighted by Crippen LogP contribution is 2.27. The molecule has 98 valence electrons. The number of halogens is 1. The van der Waals surface area contributed by atoms with E-state index >= 15 is 0 Å². The van der Waals surface area contributed by atoms with Gasteiger partial charge in [-0.25, -0.2) is 0 Å². The summed E-state index contributed by atoms with van der Waals surface area (Å²) in [7, 11) is 0. The summed E-state index contributed by atoms with van der Waals surface area (Å²) in [6, 6.07) is 8.33. The first-order valence-corrected chi connectivity index (χ1v) is 7.42. The van der Waals surface area contributed by atoms with Gasteiger partial charge in [0.15, 0.2) is 0 Å². The summed E-state index contributed by atoms with van der Waals surface area (Å²) in [6.45, 7) is 5.13. The number of rotatable bonds is 6. The Hall–Kier alpha value is -0.770. The molecule has 0 aromatic carbocycles. The second-order valence-electron chi connectivity index (χ2n) is 4.37. The first-order chi connectivity index (χ1) is 8.69. The largest absolute Gasteiger partial charge is 0.465 e. The van der Waals surface area contributed by atoms with Gasteiger partial charge in [-0.2, -0.15) is 0 Å². The number of hydrogen-bond donors (Lipinski definition) is 1. The first-order valence-electron chi connectivity index (χ1n) is 6.23. The third-order valence-electron chi connectivity index (χ3n) is 2.78. The van der Waals surface area contributed by atoms with Crippen molar-refractivity contribution in [3.63, 3.8) is 0 Å². The summed E-state index contributed by atoms with van der Waals surface area (Å²) in [5.74, 6) is 1.96. The molecule has 1 unspecified atom stereocenters. The van der Waals surface area contributed by atoms with Crippen LogP contribution >= 0.6 is 22.9 Å². The maximum absolute atomic E-state index is 5.97. The van der Waals surface area contributed by atoms with Gasteiger partial charge in [-0.1, -0.05) is 18.5 Å². The van der Waals surface area contributed by atoms with Crippen molar-refractivity contribution in [1.29, 1.82) is 0 Å². The van der Waals surface area contributed by atoms with Crippen molar-refractivity contribution >= 4 is 22.9 Å². The van der Waals surface area contributed by atoms with Crippen LogP contribution in [0.5, 0.6) is 0 Å². The van der Waals surface area contributed by atoms with Gasteiger partial charge in [0.25, 0.3) is 0 Å². The Labute approximate surface area is 117 Å². The zero-order valence-electron chi connectivity index (χ0n) is 10.7. The maximum atomic E-state index is 5.97. The van der Waals surface area contributed by atoms with Crippen molar-refractivity contribution in [2.45, 2.75) is 32.7 Å². The Morgan fingerprint density at radius 3 is 2.72 bits per heavy atom. The van der Waals surface area contributed by atoms with E-state index in [1.54, 1.807) is 11.3 Å². The van der Waals surface area contributed by atoms with Crippen LogP contribution in [0, 0.1) is 6.92 Å². The molecule has 1 atom stereocenters. The van der Waals surface area contributed by atoms with Crippen molar-refractivity contribution in [2.24, 2.45) is 0 Å². The molecular formula is C14H18ClNOS. The molecule has 2 aromatic rings. The van der Waals surface area contributed by atoms with Gasteiger partial charge in [0.2, 0.25) is 0 Å². The average molecular weight is 284 g/mol. The van der Waals surface area contributed by atoms with Crippen LogP contribution in [0.3, 0.4) is 0 Å². The summed E-state index contributed by atoms with van der Waals surface area (Å²) in [6.07, 6.45) is 2.03. The number of thiophene rings is 1. The third kappa shape index (κ3) is 3.61. The Kier molecular flexibility index (Phi) is 4.87. The fourth-order valence-corrected chi connectivity index (χ4v) is 3.03. The zero-order valence-corrected chi connectivity index (χ0v) is 12.3. The molecule has 0 bridgehead atoms. The van der Waals surface area contributed by atoms with Crippen LogP contribution in [-0.2, 0) is 6.42 Å². The van der Waals surface area contributed by atoms with Gasteiger partial charge < -0.3 is 9.73 Å². The standard InChI is InChI=1S/C14H18ClNOS/c1-3-8-16-12(13-6-4-10(2)17-13)9-11-5-7-14(15)18-11/h4-7,12,16H,3,8-9H2,1-2H3. The molecule has 0 saturated heterocycles. The fraction of sp³-hybridized carbons (Fsp3) is 0.429. The van der Waals surface area contributed by atoms with Crippen molar-refractivity contribution < 1.29 is 4.42 Å². The molecular weight excluding hydrogens is 266 g/mol. The SMILES string of the molecule is CCCNC(Cc1ccc(Cl)s1)c1ccc(C)o1. The predicted octanol–water partition coefficient (Wildman–Crippen LogP) is 4.59. The van der Waals surface area contributed by atoms with Crippen LogP contribution in [0.15, 0.2) is 28.7 Å². The average Bonchev–Trinajstić information content (AvgIpc) is 2.93. The summed E-state index contributed by atoms with van der Waals surface area (Å²) >= 11 is 7.61. The summed E-state index contributed by atoms with van der Waals surface area (Å²) in [4.78, 5) is 1.28. The minimum absolute atomic E-state index is 0.230. The van der Waals surface area contributed by atoms with Crippen LogP contribution in [0.25, 0.3) is 0 Å². The quantitative estimate of drug-likeness (QED) is 0.839. The van der Waals surface area contributed by atoms with E-state index in [0.29, 0.717) is 0 Å². The number of nitrogens with one attached hydrogen (secondary N) is 1. The minimum atomic E-state index is 0.230. The Balaban J connectivity index is 2.09. The molecule has 1 N–H and O–H groups in total. The van der Waals surface area contributed by atoms with E-state index in [9.17, 15) is 0 Å². The van der Waals surface area contributed by atoms with Crippen molar-refractivity contribution in [1.82, 2.24) is 5.32 Å². The van der Waals surface area contributed by atoms with E-state index < -0.39 is 0 Å². The van der Waals surface area contributed by atoms with Gasteiger partial charge >= 0.3 is 0 Å². The molecule has 2 rings (SSSR count). The highest BCUT2D eigenvalue weighted by atomic mass is 35.5. The lowest BCUT2D eigenvalue weighted by Gasteiger charge is -2.15. The lowest BCUT2D eigenvalue weighted by molar-refractivity contribution is 0.399. The minimum Gasteiger partial charge on any atom is -0.465 e. The molecule has 0 aliphatic heterocycles. The summed E-state index contributed by atoms with van der Waals surface area (Å²) in [5, 5.41) is 3.53. The van der Waals surface area contributed by atoms with Gasteiger partial charge in [-0.3, -0.25) is 0 Å². The van der Waals surface area contributed by atoms with E-state index in [1.165, 1.54) is 4.88 Å². The second kappa shape index (κ2) is 6.41. The Morgan fingerprint density at radius 2 is 2.17 bits per heavy atom. The van der Waals surface area contributed by atoms with E-state index in [4.69, 9.17) is 16.0 Å². The van der Waals surface area contributed by atoms with E-state index in [2.05, 4.69) is 24.4 Å². The fourth-order valence-electron chi connectivity index (χ4n) is 1.90. The molecule has 2 nitrogen and oxygen atoms in total. The summed E-state index contributed by atoms with van der Waals surface area (Å²) in [5.41, 5.74) is 0. The topological polar surface area (TPSA) is 25.2 Å². The van der Waals surface area contributed by atoms with Gasteiger partial charge in [-0.15, -0.1) is 11.3 Å². The number of hydrogen-bond acceptors (Lipinski definition) is 3. The molecule has 0 aliphatic carbocycles. The molecule has 0 aliphatic rings. The van der Waals surface area contributed by atoms with Gasteiger partial charge in [-0.05, 0) is 44.2 Å². The van der Waals surface area contributed by atoms with Crippen molar-refractivity contribution in [3.05, 3.63) is 45.0 Å². The van der Waals surface area contributed by atoms with Gasteiger partial charge in [0, 0.05) is 11.3 Å². The smallest absolute Gasteiger partial charge is 0.121 e. The first kappa shape index (κ1) is 13.7. The lowest BCUT2D eigenvalue weighted by Crippen LogP contribution is -2.23. The molecule has 2 heterocycles. The van der Waals surface area contributed by atoms with Crippen LogP contribution < -0.4 is 5.32 Å². The third-order valence-corrected chi connectivity index (χ3v) is 4.03. The molecule has 18 heavy (non-hydrogen) atoms. The molecule has 0 amide bonds. The second-order valence-corrected chi connectivity index (χ2v) is 6.16. The van der Waals surface area contributed by atoms with Gasteiger partial charge in [0.1, 0.15) is 11.5 Å². The maximum Gasteiger partial charge on any atom is 0.121 e. The Morgan fingerprint density at radius 1 is 1.33 bits per heavy atom. The van der Waals surface area contributed by atoms with E-state index in [-0.39, 0.29) is 6.04 Å². The molecule has 0 saturated carbocycles. The molecule has 0 spiro atoms. The van der Waals surface area contributed by atoms with Crippen molar-refractivity contribution in [3.8, 4) is 0 Å². The predicted molar refractivity (Wildman–Crippen MR) is 77.5 cm³/mol. The summed E-state index contributed by atoms with van der Waals surface area (Å²) < 4.78 is 6.57. The molecule has 2 aromatic heterocycles. The normalized spacial score (nSPS) is 12.8. The zero-order chi connectivity index (χ0) is 13.0. The lowest BCUT2D eigenvalue weighted by atomic mass is 10.1. The van der Waals surface area contributed by atoms with E-state index in [1.807, 2.05) is 19.1 Å². The number of aryl methyl sites for hydroxylation is 1. The van der Waals surface area contributed by atoms with E-state index in [0.717, 1.165) is 35.2 Å². The van der Waals surface area contributed by atoms with Gasteiger partial charge in [0.05, 0.1) is 10.4 Å². The van der Waals surface area contributed by atoms with Crippen LogP contribution in [-0.4, -0.2) is 6.54 Å². The highest BCUT2D eigenvalue weighted by Gasteiger charge is 2.16. The monoisotopic (exact) mass is 283 g/mol. The van der Waals surface area contributed by atoms with Crippen LogP contribution in [0.4, 0.5) is 0 Å². The van der Waals surface area contributed by atoms with Crippen LogP contribution in [0.2, 0.25) is 4.34 Å². The number of furan rings is 1. The van der Waals surface area contributed by atoms with Crippen LogP contribution in [0.1, 0.15) is 35.8 Å². The molecule has 4 heteroatoms. The molecule has 0 radical (unpaired) electrons. The Bertz CT molecular complexity index is 491.